The van der Waals surface area contributed by atoms with E-state index in [1.165, 1.54) is 0 Å². The van der Waals surface area contributed by atoms with E-state index in [0.717, 1.165) is 22.2 Å². The summed E-state index contributed by atoms with van der Waals surface area (Å²) in [5.74, 6) is 0.602. The minimum Gasteiger partial charge on any atom is -0.480 e. The molecule has 0 spiro atoms. The van der Waals surface area contributed by atoms with E-state index < -0.39 is 6.10 Å². The third-order valence-corrected chi connectivity index (χ3v) is 3.72. The predicted molar refractivity (Wildman–Crippen MR) is 93.7 cm³/mol. The van der Waals surface area contributed by atoms with Crippen LogP contribution in [0.4, 0.5) is 5.69 Å². The Morgan fingerprint density at radius 3 is 2.43 bits per heavy atom. The van der Waals surface area contributed by atoms with Gasteiger partial charge in [-0.3, -0.25) is 4.79 Å². The lowest BCUT2D eigenvalue weighted by molar-refractivity contribution is -0.122. The molecule has 0 aromatic heterocycles. The van der Waals surface area contributed by atoms with Crippen LogP contribution in [0.1, 0.15) is 13.3 Å². The number of hydrogen-bond acceptors (Lipinski definition) is 2. The fourth-order valence-corrected chi connectivity index (χ4v) is 2.52. The Bertz CT molecular complexity index is 794. The van der Waals surface area contributed by atoms with Crippen molar-refractivity contribution in [2.75, 3.05) is 5.32 Å². The van der Waals surface area contributed by atoms with Gasteiger partial charge >= 0.3 is 0 Å². The lowest BCUT2D eigenvalue weighted by Gasteiger charge is -2.18. The Morgan fingerprint density at radius 2 is 1.65 bits per heavy atom. The van der Waals surface area contributed by atoms with Crippen LogP contribution in [0, 0.1) is 0 Å². The maximum Gasteiger partial charge on any atom is 0.265 e. The van der Waals surface area contributed by atoms with Crippen LogP contribution in [-0.4, -0.2) is 12.0 Å². The minimum absolute atomic E-state index is 0.133. The number of benzene rings is 3. The fourth-order valence-electron chi connectivity index (χ4n) is 2.52. The van der Waals surface area contributed by atoms with Gasteiger partial charge in [-0.2, -0.15) is 0 Å². The van der Waals surface area contributed by atoms with Crippen LogP contribution in [-0.2, 0) is 4.79 Å². The number of rotatable bonds is 5. The Morgan fingerprint density at radius 1 is 0.957 bits per heavy atom. The molecule has 0 aliphatic heterocycles. The molecule has 1 N–H and O–H groups in total. The van der Waals surface area contributed by atoms with Gasteiger partial charge in [0.2, 0.25) is 0 Å². The van der Waals surface area contributed by atoms with Crippen LogP contribution < -0.4 is 10.1 Å². The first-order valence-electron chi connectivity index (χ1n) is 7.78. The molecule has 0 unspecified atom stereocenters. The smallest absolute Gasteiger partial charge is 0.265 e. The van der Waals surface area contributed by atoms with Crippen molar-refractivity contribution in [3.8, 4) is 5.75 Å². The molecule has 0 heterocycles. The normalized spacial score (nSPS) is 11.9. The standard InChI is InChI=1S/C20H19NO2/c1-2-18(20(22)21-16-11-4-3-5-12-16)23-19-14-8-10-15-9-6-7-13-17(15)19/h3-14,18H,2H2,1H3,(H,21,22)/t18-/m0/s1. The number of amides is 1. The van der Waals surface area contributed by atoms with Crippen molar-refractivity contribution in [3.05, 3.63) is 72.8 Å². The largest absolute Gasteiger partial charge is 0.480 e. The van der Waals surface area contributed by atoms with Gasteiger partial charge in [0.1, 0.15) is 5.75 Å². The average molecular weight is 305 g/mol. The molecule has 0 bridgehead atoms. The molecular weight excluding hydrogens is 286 g/mol. The molecule has 23 heavy (non-hydrogen) atoms. The maximum atomic E-state index is 12.4. The molecule has 0 saturated carbocycles. The summed E-state index contributed by atoms with van der Waals surface area (Å²) < 4.78 is 6.00. The van der Waals surface area contributed by atoms with Crippen LogP contribution in [0.5, 0.6) is 5.75 Å². The summed E-state index contributed by atoms with van der Waals surface area (Å²) in [6, 6.07) is 23.3. The number of para-hydroxylation sites is 1. The van der Waals surface area contributed by atoms with Crippen molar-refractivity contribution in [3.63, 3.8) is 0 Å². The number of fused-ring (bicyclic) bond motifs is 1. The Kier molecular flexibility index (Phi) is 4.57. The lowest BCUT2D eigenvalue weighted by atomic mass is 10.1. The third-order valence-electron chi connectivity index (χ3n) is 3.72. The van der Waals surface area contributed by atoms with Gasteiger partial charge in [0, 0.05) is 11.1 Å². The minimum atomic E-state index is -0.527. The van der Waals surface area contributed by atoms with Crippen molar-refractivity contribution in [2.24, 2.45) is 0 Å². The van der Waals surface area contributed by atoms with Gasteiger partial charge in [0.15, 0.2) is 6.10 Å². The Labute approximate surface area is 135 Å². The van der Waals surface area contributed by atoms with Crippen LogP contribution in [0.15, 0.2) is 72.8 Å². The van der Waals surface area contributed by atoms with Gasteiger partial charge in [-0.1, -0.05) is 61.5 Å². The quantitative estimate of drug-likeness (QED) is 0.746. The van der Waals surface area contributed by atoms with Gasteiger partial charge in [0.05, 0.1) is 0 Å². The maximum absolute atomic E-state index is 12.4. The monoisotopic (exact) mass is 305 g/mol. The molecule has 3 rings (SSSR count). The van der Waals surface area contributed by atoms with Gasteiger partial charge in [-0.15, -0.1) is 0 Å². The second-order valence-corrected chi connectivity index (χ2v) is 5.35. The molecular formula is C20H19NO2. The SMILES string of the molecule is CC[C@H](Oc1cccc2ccccc12)C(=O)Nc1ccccc1. The summed E-state index contributed by atoms with van der Waals surface area (Å²) in [6.07, 6.45) is 0.0723. The molecule has 0 radical (unpaired) electrons. The van der Waals surface area contributed by atoms with Crippen molar-refractivity contribution in [1.82, 2.24) is 0 Å². The lowest BCUT2D eigenvalue weighted by Crippen LogP contribution is -2.32. The van der Waals surface area contributed by atoms with E-state index in [2.05, 4.69) is 5.32 Å². The van der Waals surface area contributed by atoms with Crippen molar-refractivity contribution < 1.29 is 9.53 Å². The Balaban J connectivity index is 1.80. The van der Waals surface area contributed by atoms with Crippen molar-refractivity contribution in [1.29, 1.82) is 0 Å². The predicted octanol–water partition coefficient (Wildman–Crippen LogP) is 4.64. The van der Waals surface area contributed by atoms with Crippen LogP contribution in [0.3, 0.4) is 0 Å². The highest BCUT2D eigenvalue weighted by atomic mass is 16.5. The zero-order chi connectivity index (χ0) is 16.1. The van der Waals surface area contributed by atoms with Crippen molar-refractivity contribution in [2.45, 2.75) is 19.4 Å². The molecule has 0 aliphatic rings. The van der Waals surface area contributed by atoms with E-state index in [0.29, 0.717) is 6.42 Å². The molecule has 3 heteroatoms. The van der Waals surface area contributed by atoms with Crippen LogP contribution in [0.2, 0.25) is 0 Å². The van der Waals surface area contributed by atoms with Crippen molar-refractivity contribution >= 4 is 22.4 Å². The van der Waals surface area contributed by atoms with Gasteiger partial charge < -0.3 is 10.1 Å². The van der Waals surface area contributed by atoms with E-state index in [4.69, 9.17) is 4.74 Å². The average Bonchev–Trinajstić information content (AvgIpc) is 2.60. The summed E-state index contributed by atoms with van der Waals surface area (Å²) in [5.41, 5.74) is 0.775. The summed E-state index contributed by atoms with van der Waals surface area (Å²) in [6.45, 7) is 1.94. The van der Waals surface area contributed by atoms with E-state index in [9.17, 15) is 4.79 Å². The Hall–Kier alpha value is -2.81. The third kappa shape index (κ3) is 3.51. The second kappa shape index (κ2) is 6.97. The molecule has 0 aliphatic carbocycles. The van der Waals surface area contributed by atoms with Gasteiger partial charge in [-0.05, 0) is 30.0 Å². The van der Waals surface area contributed by atoms with Crippen LogP contribution >= 0.6 is 0 Å². The van der Waals surface area contributed by atoms with E-state index >= 15 is 0 Å². The summed E-state index contributed by atoms with van der Waals surface area (Å²) in [7, 11) is 0. The summed E-state index contributed by atoms with van der Waals surface area (Å²) >= 11 is 0. The molecule has 0 saturated heterocycles. The molecule has 3 nitrogen and oxygen atoms in total. The number of carbonyl (C=O) groups is 1. The molecule has 116 valence electrons. The highest BCUT2D eigenvalue weighted by Crippen LogP contribution is 2.26. The summed E-state index contributed by atoms with van der Waals surface area (Å²) in [4.78, 5) is 12.4. The molecule has 1 atom stereocenters. The topological polar surface area (TPSA) is 38.3 Å². The number of hydrogen-bond donors (Lipinski definition) is 1. The second-order valence-electron chi connectivity index (χ2n) is 5.35. The van der Waals surface area contributed by atoms with Gasteiger partial charge in [-0.25, -0.2) is 0 Å². The molecule has 3 aromatic carbocycles. The first kappa shape index (κ1) is 15.1. The first-order valence-corrected chi connectivity index (χ1v) is 7.78. The van der Waals surface area contributed by atoms with E-state index in [1.807, 2.05) is 79.7 Å². The van der Waals surface area contributed by atoms with E-state index in [1.54, 1.807) is 0 Å². The van der Waals surface area contributed by atoms with Crippen LogP contribution in [0.25, 0.3) is 10.8 Å². The molecule has 1 amide bonds. The van der Waals surface area contributed by atoms with Gasteiger partial charge in [0.25, 0.3) is 5.91 Å². The highest BCUT2D eigenvalue weighted by Gasteiger charge is 2.19. The zero-order valence-electron chi connectivity index (χ0n) is 13.0. The fraction of sp³-hybridized carbons (Fsp3) is 0.150. The molecule has 0 fully saturated rings. The first-order chi connectivity index (χ1) is 11.3. The number of nitrogens with one attached hydrogen (secondary N) is 1. The van der Waals surface area contributed by atoms with E-state index in [-0.39, 0.29) is 5.91 Å². The zero-order valence-corrected chi connectivity index (χ0v) is 13.0. The number of carbonyl (C=O) groups excluding carboxylic acids is 1. The number of anilines is 1. The highest BCUT2D eigenvalue weighted by molar-refractivity contribution is 5.95. The number of ether oxygens (including phenoxy) is 1. The summed E-state index contributed by atoms with van der Waals surface area (Å²) in [5, 5.41) is 5.01. The molecule has 3 aromatic rings.